The third-order valence-corrected chi connectivity index (χ3v) is 4.43. The quantitative estimate of drug-likeness (QED) is 0.391. The van der Waals surface area contributed by atoms with E-state index in [0.29, 0.717) is 61.5 Å². The monoisotopic (exact) mass is 428 g/mol. The Labute approximate surface area is 180 Å². The summed E-state index contributed by atoms with van der Waals surface area (Å²) < 4.78 is 12.3. The molecule has 3 heterocycles. The van der Waals surface area contributed by atoms with Gasteiger partial charge in [0, 0.05) is 33.5 Å². The molecule has 0 bridgehead atoms. The number of amides is 1. The van der Waals surface area contributed by atoms with Gasteiger partial charge in [-0.25, -0.2) is 9.97 Å². The summed E-state index contributed by atoms with van der Waals surface area (Å²) in [5.41, 5.74) is 2.29. The largest absolute Gasteiger partial charge is 0.383 e. The van der Waals surface area contributed by atoms with E-state index in [9.17, 15) is 4.79 Å². The third-order valence-electron chi connectivity index (χ3n) is 4.43. The molecule has 0 atom stereocenters. The van der Waals surface area contributed by atoms with Gasteiger partial charge in [-0.15, -0.1) is 0 Å². The van der Waals surface area contributed by atoms with Crippen LogP contribution < -0.4 is 16.0 Å². The first-order valence-electron chi connectivity index (χ1n) is 10.1. The fourth-order valence-corrected chi connectivity index (χ4v) is 2.97. The Balaban J connectivity index is 2.13. The predicted octanol–water partition coefficient (Wildman–Crippen LogP) is 1.73. The topological polar surface area (TPSA) is 128 Å². The molecule has 0 aliphatic rings. The number of pyridine rings is 1. The second-order valence-corrected chi connectivity index (χ2v) is 6.70. The minimum Gasteiger partial charge on any atom is -0.383 e. The van der Waals surface area contributed by atoms with Gasteiger partial charge in [-0.1, -0.05) is 0 Å². The standard InChI is InChI=1S/C20H28N8O3/c1-5-31-11-9-28-17-15(16(27-28)19(29)21-3)25-20(23-8-10-30-4)26-18(17)24-14-12-13(2)6-7-22-14/h6-7,12H,5,8-11H2,1-4H3,(H,21,29)(H2,22,23,24,25,26). The van der Waals surface area contributed by atoms with Gasteiger partial charge < -0.3 is 25.4 Å². The van der Waals surface area contributed by atoms with Crippen LogP contribution in [0, 0.1) is 6.92 Å². The van der Waals surface area contributed by atoms with E-state index in [4.69, 9.17) is 9.47 Å². The molecule has 0 aliphatic carbocycles. The summed E-state index contributed by atoms with van der Waals surface area (Å²) >= 11 is 0. The van der Waals surface area contributed by atoms with E-state index in [1.165, 1.54) is 0 Å². The molecule has 0 saturated carbocycles. The number of ether oxygens (including phenoxy) is 2. The number of rotatable bonds is 11. The van der Waals surface area contributed by atoms with Crippen LogP contribution in [0.1, 0.15) is 23.0 Å². The average Bonchev–Trinajstić information content (AvgIpc) is 3.12. The van der Waals surface area contributed by atoms with Crippen LogP contribution in [0.3, 0.4) is 0 Å². The molecule has 31 heavy (non-hydrogen) atoms. The smallest absolute Gasteiger partial charge is 0.273 e. The highest BCUT2D eigenvalue weighted by atomic mass is 16.5. The minimum atomic E-state index is -0.332. The molecule has 0 radical (unpaired) electrons. The second kappa shape index (κ2) is 10.6. The molecule has 3 aromatic rings. The molecule has 0 aromatic carbocycles. The first-order valence-corrected chi connectivity index (χ1v) is 10.1. The number of hydrogen-bond acceptors (Lipinski definition) is 9. The maximum Gasteiger partial charge on any atom is 0.273 e. The Morgan fingerprint density at radius 2 is 2.10 bits per heavy atom. The molecule has 11 nitrogen and oxygen atoms in total. The van der Waals surface area contributed by atoms with Gasteiger partial charge in [-0.2, -0.15) is 10.1 Å². The van der Waals surface area contributed by atoms with Gasteiger partial charge >= 0.3 is 0 Å². The van der Waals surface area contributed by atoms with E-state index in [1.54, 1.807) is 25.0 Å². The molecule has 0 aliphatic heterocycles. The van der Waals surface area contributed by atoms with Crippen molar-refractivity contribution in [1.82, 2.24) is 30.0 Å². The van der Waals surface area contributed by atoms with Crippen LogP contribution in [0.25, 0.3) is 11.0 Å². The number of fused-ring (bicyclic) bond motifs is 1. The van der Waals surface area contributed by atoms with Crippen molar-refractivity contribution in [1.29, 1.82) is 0 Å². The zero-order valence-corrected chi connectivity index (χ0v) is 18.2. The number of hydrogen-bond donors (Lipinski definition) is 3. The Kier molecular flexibility index (Phi) is 7.68. The maximum atomic E-state index is 12.5. The fourth-order valence-electron chi connectivity index (χ4n) is 2.97. The van der Waals surface area contributed by atoms with Crippen molar-refractivity contribution in [2.24, 2.45) is 0 Å². The van der Waals surface area contributed by atoms with Crippen molar-refractivity contribution in [3.8, 4) is 0 Å². The lowest BCUT2D eigenvalue weighted by atomic mass is 10.3. The maximum absolute atomic E-state index is 12.5. The predicted molar refractivity (Wildman–Crippen MR) is 118 cm³/mol. The van der Waals surface area contributed by atoms with Crippen molar-refractivity contribution in [3.05, 3.63) is 29.6 Å². The number of carbonyl (C=O) groups is 1. The number of anilines is 3. The van der Waals surface area contributed by atoms with Crippen LogP contribution in [0.4, 0.5) is 17.6 Å². The SMILES string of the molecule is CCOCCn1nc(C(=O)NC)c2nc(NCCOC)nc(Nc3cc(C)ccn3)c21. The fraction of sp³-hybridized carbons (Fsp3) is 0.450. The zero-order chi connectivity index (χ0) is 22.2. The van der Waals surface area contributed by atoms with E-state index >= 15 is 0 Å². The summed E-state index contributed by atoms with van der Waals surface area (Å²) in [6.07, 6.45) is 1.72. The van der Waals surface area contributed by atoms with E-state index in [1.807, 2.05) is 26.0 Å². The molecule has 0 fully saturated rings. The Bertz CT molecular complexity index is 1040. The van der Waals surface area contributed by atoms with Gasteiger partial charge in [0.2, 0.25) is 5.95 Å². The van der Waals surface area contributed by atoms with Crippen molar-refractivity contribution in [3.63, 3.8) is 0 Å². The van der Waals surface area contributed by atoms with Gasteiger partial charge in [0.15, 0.2) is 11.5 Å². The lowest BCUT2D eigenvalue weighted by Crippen LogP contribution is -2.19. The summed E-state index contributed by atoms with van der Waals surface area (Å²) in [5.74, 6) is 1.14. The Hall–Kier alpha value is -3.31. The molecule has 0 unspecified atom stereocenters. The van der Waals surface area contributed by atoms with Crippen LogP contribution in [0.5, 0.6) is 0 Å². The van der Waals surface area contributed by atoms with Gasteiger partial charge in [0.05, 0.1) is 19.8 Å². The molecule has 11 heteroatoms. The Morgan fingerprint density at radius 1 is 1.26 bits per heavy atom. The van der Waals surface area contributed by atoms with Crippen LogP contribution in [-0.4, -0.2) is 71.2 Å². The average molecular weight is 428 g/mol. The van der Waals surface area contributed by atoms with E-state index in [-0.39, 0.29) is 11.6 Å². The number of methoxy groups -OCH3 is 1. The molecule has 166 valence electrons. The normalized spacial score (nSPS) is 11.0. The van der Waals surface area contributed by atoms with Crippen LogP contribution in [0.2, 0.25) is 0 Å². The van der Waals surface area contributed by atoms with Crippen LogP contribution in [0.15, 0.2) is 18.3 Å². The number of aromatic nitrogens is 5. The van der Waals surface area contributed by atoms with E-state index in [2.05, 4.69) is 36.0 Å². The minimum absolute atomic E-state index is 0.214. The van der Waals surface area contributed by atoms with Crippen molar-refractivity contribution in [2.45, 2.75) is 20.4 Å². The number of carbonyl (C=O) groups excluding carboxylic acids is 1. The first-order chi connectivity index (χ1) is 15.1. The Morgan fingerprint density at radius 3 is 2.81 bits per heavy atom. The highest BCUT2D eigenvalue weighted by Gasteiger charge is 2.23. The molecule has 3 N–H and O–H groups in total. The lowest BCUT2D eigenvalue weighted by molar-refractivity contribution is 0.0957. The number of nitrogens with one attached hydrogen (secondary N) is 3. The van der Waals surface area contributed by atoms with Gasteiger partial charge in [0.25, 0.3) is 5.91 Å². The molecule has 3 rings (SSSR count). The van der Waals surface area contributed by atoms with Crippen molar-refractivity contribution >= 4 is 34.5 Å². The van der Waals surface area contributed by atoms with E-state index < -0.39 is 0 Å². The molecule has 1 amide bonds. The molecular weight excluding hydrogens is 400 g/mol. The second-order valence-electron chi connectivity index (χ2n) is 6.70. The summed E-state index contributed by atoms with van der Waals surface area (Å²) in [6.45, 7) is 6.37. The van der Waals surface area contributed by atoms with Gasteiger partial charge in [-0.3, -0.25) is 9.48 Å². The number of nitrogens with zero attached hydrogens (tertiary/aromatic N) is 5. The van der Waals surface area contributed by atoms with Crippen LogP contribution in [-0.2, 0) is 16.0 Å². The summed E-state index contributed by atoms with van der Waals surface area (Å²) in [5, 5.41) is 13.5. The van der Waals surface area contributed by atoms with E-state index in [0.717, 1.165) is 5.56 Å². The summed E-state index contributed by atoms with van der Waals surface area (Å²) in [7, 11) is 3.18. The lowest BCUT2D eigenvalue weighted by Gasteiger charge is -2.12. The molecule has 3 aromatic heterocycles. The molecular formula is C20H28N8O3. The third kappa shape index (κ3) is 5.44. The summed E-state index contributed by atoms with van der Waals surface area (Å²) in [4.78, 5) is 26.1. The van der Waals surface area contributed by atoms with Crippen LogP contribution >= 0.6 is 0 Å². The zero-order valence-electron chi connectivity index (χ0n) is 18.2. The van der Waals surface area contributed by atoms with Gasteiger partial charge in [0.1, 0.15) is 16.9 Å². The molecule has 0 spiro atoms. The highest BCUT2D eigenvalue weighted by Crippen LogP contribution is 2.27. The number of aryl methyl sites for hydroxylation is 1. The van der Waals surface area contributed by atoms with Crippen molar-refractivity contribution in [2.75, 3.05) is 51.2 Å². The highest BCUT2D eigenvalue weighted by molar-refractivity contribution is 6.06. The molecule has 0 saturated heterocycles. The first kappa shape index (κ1) is 22.4. The van der Waals surface area contributed by atoms with Crippen molar-refractivity contribution < 1.29 is 14.3 Å². The van der Waals surface area contributed by atoms with Gasteiger partial charge in [-0.05, 0) is 31.5 Å². The summed E-state index contributed by atoms with van der Waals surface area (Å²) in [6, 6.07) is 3.82.